The Morgan fingerprint density at radius 1 is 1.14 bits per heavy atom. The van der Waals surface area contributed by atoms with Crippen molar-refractivity contribution in [1.82, 2.24) is 4.98 Å². The molecule has 0 aliphatic rings. The minimum Gasteiger partial charge on any atom is -0.492 e. The molecular formula is C14H14F3N3O. The molecule has 7 heteroatoms. The minimum atomic E-state index is -4.47. The maximum absolute atomic E-state index is 12.6. The summed E-state index contributed by atoms with van der Waals surface area (Å²) in [6.07, 6.45) is -4.47. The quantitative estimate of drug-likeness (QED) is 0.890. The van der Waals surface area contributed by atoms with E-state index in [1.54, 1.807) is 24.3 Å². The van der Waals surface area contributed by atoms with Gasteiger partial charge in [-0.15, -0.1) is 0 Å². The number of halogens is 3. The molecule has 0 saturated heterocycles. The summed E-state index contributed by atoms with van der Waals surface area (Å²) in [5, 5.41) is 2.81. The zero-order valence-corrected chi connectivity index (χ0v) is 11.0. The van der Waals surface area contributed by atoms with Crippen LogP contribution < -0.4 is 15.8 Å². The molecule has 0 fully saturated rings. The number of pyridine rings is 1. The first-order chi connectivity index (χ1) is 9.99. The summed E-state index contributed by atoms with van der Waals surface area (Å²) in [4.78, 5) is 3.53. The van der Waals surface area contributed by atoms with Crippen molar-refractivity contribution in [3.63, 3.8) is 0 Å². The van der Waals surface area contributed by atoms with Crippen LogP contribution in [0.15, 0.2) is 42.5 Å². The fourth-order valence-corrected chi connectivity index (χ4v) is 1.65. The SMILES string of the molecule is NCCOc1cccc(Nc2cccc(C(F)(F)F)n2)c1. The number of alkyl halides is 3. The van der Waals surface area contributed by atoms with Crippen LogP contribution in [-0.4, -0.2) is 18.1 Å². The predicted molar refractivity (Wildman–Crippen MR) is 73.5 cm³/mol. The fraction of sp³-hybridized carbons (Fsp3) is 0.214. The first-order valence-electron chi connectivity index (χ1n) is 6.23. The second kappa shape index (κ2) is 6.45. The third-order valence-corrected chi connectivity index (χ3v) is 2.53. The number of nitrogens with zero attached hydrogens (tertiary/aromatic N) is 1. The van der Waals surface area contributed by atoms with E-state index < -0.39 is 11.9 Å². The largest absolute Gasteiger partial charge is 0.492 e. The topological polar surface area (TPSA) is 60.2 Å². The van der Waals surface area contributed by atoms with Crippen LogP contribution in [0, 0.1) is 0 Å². The van der Waals surface area contributed by atoms with Gasteiger partial charge in [-0.05, 0) is 24.3 Å². The molecule has 0 aliphatic carbocycles. The number of anilines is 2. The Bertz CT molecular complexity index is 602. The van der Waals surface area contributed by atoms with Gasteiger partial charge in [0.05, 0.1) is 0 Å². The van der Waals surface area contributed by atoms with Crippen LogP contribution in [0.25, 0.3) is 0 Å². The third kappa shape index (κ3) is 4.35. The van der Waals surface area contributed by atoms with E-state index in [-0.39, 0.29) is 5.82 Å². The molecule has 0 bridgehead atoms. The van der Waals surface area contributed by atoms with E-state index in [1.807, 2.05) is 0 Å². The Morgan fingerprint density at radius 2 is 1.90 bits per heavy atom. The maximum atomic E-state index is 12.6. The maximum Gasteiger partial charge on any atom is 0.433 e. The van der Waals surface area contributed by atoms with E-state index in [1.165, 1.54) is 12.1 Å². The minimum absolute atomic E-state index is 0.112. The molecule has 112 valence electrons. The van der Waals surface area contributed by atoms with Gasteiger partial charge in [0.2, 0.25) is 0 Å². The second-order valence-corrected chi connectivity index (χ2v) is 4.20. The number of nitrogens with one attached hydrogen (secondary N) is 1. The lowest BCUT2D eigenvalue weighted by Gasteiger charge is -2.11. The molecule has 4 nitrogen and oxygen atoms in total. The zero-order valence-electron chi connectivity index (χ0n) is 11.0. The monoisotopic (exact) mass is 297 g/mol. The van der Waals surface area contributed by atoms with Crippen LogP contribution in [-0.2, 0) is 6.18 Å². The van der Waals surface area contributed by atoms with E-state index in [0.29, 0.717) is 24.6 Å². The Labute approximate surface area is 119 Å². The lowest BCUT2D eigenvalue weighted by molar-refractivity contribution is -0.141. The highest BCUT2D eigenvalue weighted by Gasteiger charge is 2.32. The highest BCUT2D eigenvalue weighted by molar-refractivity contribution is 5.58. The molecule has 3 N–H and O–H groups in total. The Kier molecular flexibility index (Phi) is 4.64. The zero-order chi connectivity index (χ0) is 15.3. The Balaban J connectivity index is 2.14. The van der Waals surface area contributed by atoms with Crippen LogP contribution in [0.1, 0.15) is 5.69 Å². The average molecular weight is 297 g/mol. The fourth-order valence-electron chi connectivity index (χ4n) is 1.65. The van der Waals surface area contributed by atoms with Gasteiger partial charge in [-0.25, -0.2) is 4.98 Å². The molecule has 0 spiro atoms. The molecule has 0 radical (unpaired) electrons. The van der Waals surface area contributed by atoms with Gasteiger partial charge in [0.1, 0.15) is 23.9 Å². The van der Waals surface area contributed by atoms with Crippen molar-refractivity contribution < 1.29 is 17.9 Å². The van der Waals surface area contributed by atoms with Crippen LogP contribution in [0.3, 0.4) is 0 Å². The summed E-state index contributed by atoms with van der Waals surface area (Å²) >= 11 is 0. The van der Waals surface area contributed by atoms with Crippen molar-refractivity contribution in [3.05, 3.63) is 48.2 Å². The number of hydrogen-bond acceptors (Lipinski definition) is 4. The Morgan fingerprint density at radius 3 is 2.62 bits per heavy atom. The van der Waals surface area contributed by atoms with Gasteiger partial charge in [0.15, 0.2) is 0 Å². The molecule has 1 heterocycles. The van der Waals surface area contributed by atoms with Crippen LogP contribution in [0.2, 0.25) is 0 Å². The molecule has 0 aliphatic heterocycles. The predicted octanol–water partition coefficient (Wildman–Crippen LogP) is 3.18. The summed E-state index contributed by atoms with van der Waals surface area (Å²) in [6.45, 7) is 0.748. The van der Waals surface area contributed by atoms with E-state index in [0.717, 1.165) is 6.07 Å². The van der Waals surface area contributed by atoms with E-state index in [9.17, 15) is 13.2 Å². The van der Waals surface area contributed by atoms with Crippen molar-refractivity contribution in [2.45, 2.75) is 6.18 Å². The van der Waals surface area contributed by atoms with E-state index in [4.69, 9.17) is 10.5 Å². The molecule has 2 aromatic rings. The van der Waals surface area contributed by atoms with Gasteiger partial charge in [-0.1, -0.05) is 12.1 Å². The van der Waals surface area contributed by atoms with Crippen LogP contribution in [0.5, 0.6) is 5.75 Å². The smallest absolute Gasteiger partial charge is 0.433 e. The second-order valence-electron chi connectivity index (χ2n) is 4.20. The summed E-state index contributed by atoms with van der Waals surface area (Å²) in [5.41, 5.74) is 4.98. The summed E-state index contributed by atoms with van der Waals surface area (Å²) < 4.78 is 43.1. The van der Waals surface area contributed by atoms with Gasteiger partial charge < -0.3 is 15.8 Å². The first-order valence-corrected chi connectivity index (χ1v) is 6.23. The molecule has 21 heavy (non-hydrogen) atoms. The van der Waals surface area contributed by atoms with Crippen LogP contribution in [0.4, 0.5) is 24.7 Å². The number of aromatic nitrogens is 1. The number of nitrogens with two attached hydrogens (primary N) is 1. The molecule has 1 aromatic carbocycles. The summed E-state index contributed by atoms with van der Waals surface area (Å²) in [6, 6.07) is 10.5. The van der Waals surface area contributed by atoms with Gasteiger partial charge in [-0.2, -0.15) is 13.2 Å². The van der Waals surface area contributed by atoms with E-state index in [2.05, 4.69) is 10.3 Å². The van der Waals surface area contributed by atoms with Crippen molar-refractivity contribution in [3.8, 4) is 5.75 Å². The number of benzene rings is 1. The lowest BCUT2D eigenvalue weighted by Crippen LogP contribution is -2.10. The number of hydrogen-bond donors (Lipinski definition) is 2. The van der Waals surface area contributed by atoms with Crippen molar-refractivity contribution in [1.29, 1.82) is 0 Å². The van der Waals surface area contributed by atoms with Gasteiger partial charge in [0.25, 0.3) is 0 Å². The lowest BCUT2D eigenvalue weighted by atomic mass is 10.3. The highest BCUT2D eigenvalue weighted by atomic mass is 19.4. The first kappa shape index (κ1) is 15.1. The number of ether oxygens (including phenoxy) is 1. The van der Waals surface area contributed by atoms with E-state index >= 15 is 0 Å². The Hall–Kier alpha value is -2.28. The normalized spacial score (nSPS) is 11.2. The standard InChI is InChI=1S/C14H14F3N3O/c15-14(16,17)12-5-2-6-13(20-12)19-10-3-1-4-11(9-10)21-8-7-18/h1-6,9H,7-8,18H2,(H,19,20). The molecular weight excluding hydrogens is 283 g/mol. The number of rotatable bonds is 5. The average Bonchev–Trinajstić information content (AvgIpc) is 2.45. The van der Waals surface area contributed by atoms with Crippen molar-refractivity contribution >= 4 is 11.5 Å². The molecule has 2 rings (SSSR count). The van der Waals surface area contributed by atoms with Gasteiger partial charge in [0, 0.05) is 18.3 Å². The molecule has 0 unspecified atom stereocenters. The molecule has 0 saturated carbocycles. The highest BCUT2D eigenvalue weighted by Crippen LogP contribution is 2.29. The van der Waals surface area contributed by atoms with Crippen molar-refractivity contribution in [2.24, 2.45) is 5.73 Å². The summed E-state index contributed by atoms with van der Waals surface area (Å²) in [7, 11) is 0. The molecule has 1 aromatic heterocycles. The van der Waals surface area contributed by atoms with Crippen LogP contribution >= 0.6 is 0 Å². The third-order valence-electron chi connectivity index (χ3n) is 2.53. The van der Waals surface area contributed by atoms with Gasteiger partial charge in [-0.3, -0.25) is 0 Å². The van der Waals surface area contributed by atoms with Gasteiger partial charge >= 0.3 is 6.18 Å². The van der Waals surface area contributed by atoms with Crippen molar-refractivity contribution in [2.75, 3.05) is 18.5 Å². The molecule has 0 amide bonds. The summed E-state index contributed by atoms with van der Waals surface area (Å²) in [5.74, 6) is 0.693. The molecule has 0 atom stereocenters.